The molecule has 88 valence electrons. The smallest absolute Gasteiger partial charge is 0.166 e. The Morgan fingerprint density at radius 3 is 2.06 bits per heavy atom. The van der Waals surface area contributed by atoms with Crippen LogP contribution in [-0.4, -0.2) is 0 Å². The quantitative estimate of drug-likeness (QED) is 0.684. The van der Waals surface area contributed by atoms with Crippen LogP contribution in [0.25, 0.3) is 11.1 Å². The molecular weight excluding hydrogens is 293 g/mol. The molecule has 2 rings (SSSR count). The Bertz CT molecular complexity index is 518. The van der Waals surface area contributed by atoms with Gasteiger partial charge in [0, 0.05) is 4.47 Å². The van der Waals surface area contributed by atoms with Crippen LogP contribution < -0.4 is 0 Å². The van der Waals surface area contributed by atoms with Crippen LogP contribution in [-0.2, 0) is 6.18 Å². The predicted molar refractivity (Wildman–Crippen MR) is 64.6 cm³/mol. The zero-order valence-electron chi connectivity index (χ0n) is 8.63. The first-order valence-electron chi connectivity index (χ1n) is 4.91. The SMILES string of the molecule is FC(F)(F)c1c(Br)cccc1-c1ccccc1. The van der Waals surface area contributed by atoms with E-state index in [-0.39, 0.29) is 10.0 Å². The summed E-state index contributed by atoms with van der Waals surface area (Å²) in [4.78, 5) is 0. The second kappa shape index (κ2) is 4.53. The van der Waals surface area contributed by atoms with Crippen molar-refractivity contribution in [3.05, 3.63) is 58.6 Å². The molecule has 0 saturated heterocycles. The van der Waals surface area contributed by atoms with Crippen LogP contribution in [0.1, 0.15) is 5.56 Å². The molecule has 0 aromatic heterocycles. The van der Waals surface area contributed by atoms with Gasteiger partial charge in [-0.2, -0.15) is 13.2 Å². The predicted octanol–water partition coefficient (Wildman–Crippen LogP) is 5.13. The van der Waals surface area contributed by atoms with E-state index < -0.39 is 11.7 Å². The zero-order chi connectivity index (χ0) is 12.5. The van der Waals surface area contributed by atoms with Crippen LogP contribution in [0.15, 0.2) is 53.0 Å². The molecule has 0 atom stereocenters. The van der Waals surface area contributed by atoms with E-state index in [0.717, 1.165) is 0 Å². The highest BCUT2D eigenvalue weighted by molar-refractivity contribution is 9.10. The van der Waals surface area contributed by atoms with Gasteiger partial charge in [-0.25, -0.2) is 0 Å². The molecule has 17 heavy (non-hydrogen) atoms. The second-order valence-electron chi connectivity index (χ2n) is 3.53. The molecule has 2 aromatic rings. The lowest BCUT2D eigenvalue weighted by Crippen LogP contribution is -2.08. The van der Waals surface area contributed by atoms with Gasteiger partial charge in [-0.05, 0) is 17.2 Å². The van der Waals surface area contributed by atoms with Gasteiger partial charge in [-0.15, -0.1) is 0 Å². The van der Waals surface area contributed by atoms with Gasteiger partial charge in [0.25, 0.3) is 0 Å². The minimum atomic E-state index is -4.37. The topological polar surface area (TPSA) is 0 Å². The fourth-order valence-corrected chi connectivity index (χ4v) is 2.26. The molecule has 0 aliphatic heterocycles. The summed E-state index contributed by atoms with van der Waals surface area (Å²) in [7, 11) is 0. The van der Waals surface area contributed by atoms with E-state index in [1.54, 1.807) is 36.4 Å². The van der Waals surface area contributed by atoms with Gasteiger partial charge in [-0.3, -0.25) is 0 Å². The van der Waals surface area contributed by atoms with Crippen molar-refractivity contribution in [2.45, 2.75) is 6.18 Å². The second-order valence-corrected chi connectivity index (χ2v) is 4.38. The summed E-state index contributed by atoms with van der Waals surface area (Å²) in [6.45, 7) is 0. The van der Waals surface area contributed by atoms with Gasteiger partial charge < -0.3 is 0 Å². The number of hydrogen-bond acceptors (Lipinski definition) is 0. The number of alkyl halides is 3. The van der Waals surface area contributed by atoms with E-state index in [2.05, 4.69) is 15.9 Å². The minimum Gasteiger partial charge on any atom is -0.166 e. The first-order valence-corrected chi connectivity index (χ1v) is 5.70. The van der Waals surface area contributed by atoms with Crippen molar-refractivity contribution in [3.8, 4) is 11.1 Å². The van der Waals surface area contributed by atoms with Gasteiger partial charge in [0.1, 0.15) is 0 Å². The van der Waals surface area contributed by atoms with Crippen molar-refractivity contribution in [1.82, 2.24) is 0 Å². The Hall–Kier alpha value is -1.29. The van der Waals surface area contributed by atoms with E-state index in [1.165, 1.54) is 12.1 Å². The lowest BCUT2D eigenvalue weighted by molar-refractivity contribution is -0.137. The molecule has 0 fully saturated rings. The first-order chi connectivity index (χ1) is 8.00. The molecule has 0 unspecified atom stereocenters. The van der Waals surface area contributed by atoms with Crippen molar-refractivity contribution in [2.24, 2.45) is 0 Å². The van der Waals surface area contributed by atoms with Crippen molar-refractivity contribution in [1.29, 1.82) is 0 Å². The molecule has 0 aliphatic carbocycles. The summed E-state index contributed by atoms with van der Waals surface area (Å²) in [5.41, 5.74) is 0.111. The zero-order valence-corrected chi connectivity index (χ0v) is 10.2. The van der Waals surface area contributed by atoms with E-state index in [1.807, 2.05) is 0 Å². The summed E-state index contributed by atoms with van der Waals surface area (Å²) in [5, 5.41) is 0. The van der Waals surface area contributed by atoms with Crippen LogP contribution in [0.2, 0.25) is 0 Å². The molecular formula is C13H8BrF3. The Labute approximate surface area is 105 Å². The van der Waals surface area contributed by atoms with Crippen molar-refractivity contribution in [2.75, 3.05) is 0 Å². The van der Waals surface area contributed by atoms with Crippen LogP contribution in [0.5, 0.6) is 0 Å². The Balaban J connectivity index is 2.67. The molecule has 4 heteroatoms. The lowest BCUT2D eigenvalue weighted by atomic mass is 9.99. The molecule has 0 spiro atoms. The Kier molecular flexibility index (Phi) is 3.24. The third-order valence-corrected chi connectivity index (χ3v) is 3.04. The molecule has 0 aliphatic rings. The maximum Gasteiger partial charge on any atom is 0.418 e. The highest BCUT2D eigenvalue weighted by Gasteiger charge is 2.35. The van der Waals surface area contributed by atoms with Crippen molar-refractivity contribution >= 4 is 15.9 Å². The summed E-state index contributed by atoms with van der Waals surface area (Å²) in [5.74, 6) is 0. The Morgan fingerprint density at radius 2 is 1.47 bits per heavy atom. The van der Waals surface area contributed by atoms with Crippen LogP contribution >= 0.6 is 15.9 Å². The maximum atomic E-state index is 13.0. The standard InChI is InChI=1S/C13H8BrF3/c14-11-8-4-7-10(12(11)13(15,16)17)9-5-2-1-3-6-9/h1-8H. The summed E-state index contributed by atoms with van der Waals surface area (Å²) < 4.78 is 39.0. The van der Waals surface area contributed by atoms with Crippen LogP contribution in [0.4, 0.5) is 13.2 Å². The third kappa shape index (κ3) is 2.52. The first kappa shape index (κ1) is 12.2. The molecule has 0 nitrogen and oxygen atoms in total. The van der Waals surface area contributed by atoms with Crippen LogP contribution in [0.3, 0.4) is 0 Å². The van der Waals surface area contributed by atoms with Gasteiger partial charge in [0.15, 0.2) is 0 Å². The highest BCUT2D eigenvalue weighted by Crippen LogP contribution is 2.41. The molecule has 0 heterocycles. The molecule has 0 radical (unpaired) electrons. The maximum absolute atomic E-state index is 13.0. The number of benzene rings is 2. The highest BCUT2D eigenvalue weighted by atomic mass is 79.9. The summed E-state index contributed by atoms with van der Waals surface area (Å²) in [6, 6.07) is 13.0. The Morgan fingerprint density at radius 1 is 0.824 bits per heavy atom. The van der Waals surface area contributed by atoms with Gasteiger partial charge in [-0.1, -0.05) is 58.4 Å². The fraction of sp³-hybridized carbons (Fsp3) is 0.0769. The van der Waals surface area contributed by atoms with E-state index in [4.69, 9.17) is 0 Å². The minimum absolute atomic E-state index is 0.0614. The summed E-state index contributed by atoms with van der Waals surface area (Å²) in [6.07, 6.45) is -4.37. The number of hydrogen-bond donors (Lipinski definition) is 0. The largest absolute Gasteiger partial charge is 0.418 e. The van der Waals surface area contributed by atoms with E-state index in [0.29, 0.717) is 5.56 Å². The van der Waals surface area contributed by atoms with Crippen LogP contribution in [0, 0.1) is 0 Å². The monoisotopic (exact) mass is 300 g/mol. The molecule has 0 saturated carbocycles. The summed E-state index contributed by atoms with van der Waals surface area (Å²) >= 11 is 2.96. The van der Waals surface area contributed by atoms with E-state index >= 15 is 0 Å². The number of rotatable bonds is 1. The van der Waals surface area contributed by atoms with Gasteiger partial charge in [0.05, 0.1) is 5.56 Å². The fourth-order valence-electron chi connectivity index (χ4n) is 1.67. The number of halogens is 4. The van der Waals surface area contributed by atoms with Crippen molar-refractivity contribution < 1.29 is 13.2 Å². The van der Waals surface area contributed by atoms with E-state index in [9.17, 15) is 13.2 Å². The van der Waals surface area contributed by atoms with Gasteiger partial charge >= 0.3 is 6.18 Å². The average Bonchev–Trinajstić information content (AvgIpc) is 2.28. The lowest BCUT2D eigenvalue weighted by Gasteiger charge is -2.14. The third-order valence-electron chi connectivity index (χ3n) is 2.38. The van der Waals surface area contributed by atoms with Crippen molar-refractivity contribution in [3.63, 3.8) is 0 Å². The molecule has 2 aromatic carbocycles. The molecule has 0 N–H and O–H groups in total. The molecule has 0 bridgehead atoms. The average molecular weight is 301 g/mol. The normalized spacial score (nSPS) is 11.5. The molecule has 0 amide bonds. The van der Waals surface area contributed by atoms with Gasteiger partial charge in [0.2, 0.25) is 0 Å².